The fraction of sp³-hybridized carbons (Fsp3) is 0.600. The number of rotatable bonds is 3. The van der Waals surface area contributed by atoms with Crippen molar-refractivity contribution < 1.29 is 9.84 Å². The Morgan fingerprint density at radius 1 is 1.18 bits per heavy atom. The van der Waals surface area contributed by atoms with Gasteiger partial charge in [0.2, 0.25) is 0 Å². The summed E-state index contributed by atoms with van der Waals surface area (Å²) in [5.41, 5.74) is 0.293. The first-order valence-electron chi connectivity index (χ1n) is 6.45. The molecule has 0 bridgehead atoms. The molecule has 0 spiro atoms. The van der Waals surface area contributed by atoms with Crippen LogP contribution in [0.25, 0.3) is 0 Å². The minimum Gasteiger partial charge on any atom is -0.494 e. The fourth-order valence-electron chi connectivity index (χ4n) is 2.86. The second kappa shape index (κ2) is 4.34. The molecule has 1 unspecified atom stereocenters. The van der Waals surface area contributed by atoms with Crippen LogP contribution in [0.5, 0.6) is 5.75 Å². The Labute approximate surface area is 104 Å². The summed E-state index contributed by atoms with van der Waals surface area (Å²) in [6.45, 7) is 6.95. The van der Waals surface area contributed by atoms with Crippen molar-refractivity contribution in [3.05, 3.63) is 29.8 Å². The maximum Gasteiger partial charge on any atom is 0.119 e. The molecule has 1 aliphatic rings. The molecule has 1 atom stereocenters. The quantitative estimate of drug-likeness (QED) is 0.867. The van der Waals surface area contributed by atoms with E-state index in [9.17, 15) is 5.11 Å². The van der Waals surface area contributed by atoms with Crippen molar-refractivity contribution in [1.82, 2.24) is 0 Å². The second-order valence-electron chi connectivity index (χ2n) is 5.56. The first-order valence-corrected chi connectivity index (χ1v) is 6.45. The SMILES string of the molecule is CCOc1ccc(C2(O)CCCC2(C)C)cc1. The molecule has 2 nitrogen and oxygen atoms in total. The number of aliphatic hydroxyl groups is 1. The van der Waals surface area contributed by atoms with Gasteiger partial charge in [-0.3, -0.25) is 0 Å². The molecule has 2 heteroatoms. The van der Waals surface area contributed by atoms with E-state index in [1.807, 2.05) is 31.2 Å². The van der Waals surface area contributed by atoms with Crippen molar-refractivity contribution in [2.75, 3.05) is 6.61 Å². The molecule has 1 aromatic rings. The van der Waals surface area contributed by atoms with Gasteiger partial charge in [0.1, 0.15) is 5.75 Å². The van der Waals surface area contributed by atoms with Gasteiger partial charge in [-0.2, -0.15) is 0 Å². The third-order valence-corrected chi connectivity index (χ3v) is 4.10. The molecule has 0 radical (unpaired) electrons. The topological polar surface area (TPSA) is 29.5 Å². The first-order chi connectivity index (χ1) is 7.99. The highest BCUT2D eigenvalue weighted by atomic mass is 16.5. The van der Waals surface area contributed by atoms with Gasteiger partial charge >= 0.3 is 0 Å². The van der Waals surface area contributed by atoms with Crippen molar-refractivity contribution in [1.29, 1.82) is 0 Å². The van der Waals surface area contributed by atoms with E-state index in [0.29, 0.717) is 6.61 Å². The lowest BCUT2D eigenvalue weighted by Gasteiger charge is -2.37. The molecule has 1 aromatic carbocycles. The number of ether oxygens (including phenoxy) is 1. The number of hydrogen-bond acceptors (Lipinski definition) is 2. The summed E-state index contributed by atoms with van der Waals surface area (Å²) >= 11 is 0. The predicted octanol–water partition coefficient (Wildman–Crippen LogP) is 3.48. The zero-order valence-electron chi connectivity index (χ0n) is 11.0. The van der Waals surface area contributed by atoms with Gasteiger partial charge in [0, 0.05) is 0 Å². The molecule has 94 valence electrons. The van der Waals surface area contributed by atoms with Crippen LogP contribution in [0.15, 0.2) is 24.3 Å². The molecule has 1 aliphatic carbocycles. The standard InChI is InChI=1S/C15H22O2/c1-4-17-13-8-6-12(7-9-13)15(16)11-5-10-14(15,2)3/h6-9,16H,4-5,10-11H2,1-3H3. The third kappa shape index (κ3) is 2.06. The van der Waals surface area contributed by atoms with E-state index < -0.39 is 5.60 Å². The second-order valence-corrected chi connectivity index (χ2v) is 5.56. The lowest BCUT2D eigenvalue weighted by molar-refractivity contribution is -0.0485. The van der Waals surface area contributed by atoms with E-state index in [0.717, 1.165) is 30.6 Å². The van der Waals surface area contributed by atoms with Crippen LogP contribution in [0.1, 0.15) is 45.6 Å². The lowest BCUT2D eigenvalue weighted by Crippen LogP contribution is -2.36. The Morgan fingerprint density at radius 3 is 2.29 bits per heavy atom. The smallest absolute Gasteiger partial charge is 0.119 e. The van der Waals surface area contributed by atoms with Gasteiger partial charge < -0.3 is 9.84 Å². The summed E-state index contributed by atoms with van der Waals surface area (Å²) in [5.74, 6) is 0.871. The highest BCUT2D eigenvalue weighted by molar-refractivity contribution is 5.33. The van der Waals surface area contributed by atoms with Gasteiger partial charge in [-0.05, 0) is 49.3 Å². The molecule has 0 saturated heterocycles. The van der Waals surface area contributed by atoms with E-state index in [1.54, 1.807) is 0 Å². The Hall–Kier alpha value is -1.02. The summed E-state index contributed by atoms with van der Waals surface area (Å²) in [4.78, 5) is 0. The minimum absolute atomic E-state index is 0.0415. The van der Waals surface area contributed by atoms with Gasteiger partial charge in [-0.15, -0.1) is 0 Å². The van der Waals surface area contributed by atoms with Crippen molar-refractivity contribution in [3.63, 3.8) is 0 Å². The van der Waals surface area contributed by atoms with Crippen molar-refractivity contribution in [2.24, 2.45) is 5.41 Å². The predicted molar refractivity (Wildman–Crippen MR) is 69.1 cm³/mol. The molecule has 0 amide bonds. The summed E-state index contributed by atoms with van der Waals surface area (Å²) in [5, 5.41) is 10.9. The maximum atomic E-state index is 10.9. The molecule has 1 fully saturated rings. The van der Waals surface area contributed by atoms with Crippen LogP contribution in [0.2, 0.25) is 0 Å². The zero-order valence-corrected chi connectivity index (χ0v) is 11.0. The van der Waals surface area contributed by atoms with Crippen molar-refractivity contribution in [3.8, 4) is 5.75 Å². The van der Waals surface area contributed by atoms with E-state index in [1.165, 1.54) is 0 Å². The van der Waals surface area contributed by atoms with E-state index >= 15 is 0 Å². The monoisotopic (exact) mass is 234 g/mol. The lowest BCUT2D eigenvalue weighted by atomic mass is 9.73. The number of hydrogen-bond donors (Lipinski definition) is 1. The average molecular weight is 234 g/mol. The molecule has 0 aromatic heterocycles. The van der Waals surface area contributed by atoms with Crippen molar-refractivity contribution in [2.45, 2.75) is 45.6 Å². The van der Waals surface area contributed by atoms with Gasteiger partial charge in [0.05, 0.1) is 12.2 Å². The molecule has 2 rings (SSSR count). The zero-order chi connectivity index (χ0) is 12.5. The van der Waals surface area contributed by atoms with Crippen molar-refractivity contribution >= 4 is 0 Å². The molecule has 0 aliphatic heterocycles. The molecule has 17 heavy (non-hydrogen) atoms. The summed E-state index contributed by atoms with van der Waals surface area (Å²) in [7, 11) is 0. The van der Waals surface area contributed by atoms with Crippen LogP contribution < -0.4 is 4.74 Å². The average Bonchev–Trinajstić information content (AvgIpc) is 2.56. The van der Waals surface area contributed by atoms with E-state index in [4.69, 9.17) is 4.74 Å². The summed E-state index contributed by atoms with van der Waals surface area (Å²) < 4.78 is 5.43. The van der Waals surface area contributed by atoms with Crippen LogP contribution in [-0.4, -0.2) is 11.7 Å². The molecule has 0 heterocycles. The Balaban J connectivity index is 2.28. The largest absolute Gasteiger partial charge is 0.494 e. The maximum absolute atomic E-state index is 10.9. The molecule has 1 saturated carbocycles. The van der Waals surface area contributed by atoms with Gasteiger partial charge in [0.15, 0.2) is 0 Å². The van der Waals surface area contributed by atoms with Gasteiger partial charge in [-0.25, -0.2) is 0 Å². The fourth-order valence-corrected chi connectivity index (χ4v) is 2.86. The van der Waals surface area contributed by atoms with Crippen LogP contribution >= 0.6 is 0 Å². The van der Waals surface area contributed by atoms with Crippen LogP contribution in [0, 0.1) is 5.41 Å². The van der Waals surface area contributed by atoms with E-state index in [2.05, 4.69) is 13.8 Å². The molecule has 1 N–H and O–H groups in total. The molecular formula is C15H22O2. The number of benzene rings is 1. The van der Waals surface area contributed by atoms with Crippen LogP contribution in [0.3, 0.4) is 0 Å². The van der Waals surface area contributed by atoms with Crippen LogP contribution in [0.4, 0.5) is 0 Å². The Morgan fingerprint density at radius 2 is 1.82 bits per heavy atom. The Kier molecular flexibility index (Phi) is 3.17. The van der Waals surface area contributed by atoms with E-state index in [-0.39, 0.29) is 5.41 Å². The summed E-state index contributed by atoms with van der Waals surface area (Å²) in [6.07, 6.45) is 3.03. The van der Waals surface area contributed by atoms with Gasteiger partial charge in [0.25, 0.3) is 0 Å². The van der Waals surface area contributed by atoms with Crippen LogP contribution in [-0.2, 0) is 5.60 Å². The third-order valence-electron chi connectivity index (χ3n) is 4.10. The molecular weight excluding hydrogens is 212 g/mol. The summed E-state index contributed by atoms with van der Waals surface area (Å²) in [6, 6.07) is 7.90. The highest BCUT2D eigenvalue weighted by Gasteiger charge is 2.48. The normalized spacial score (nSPS) is 27.1. The van der Waals surface area contributed by atoms with Gasteiger partial charge in [-0.1, -0.05) is 26.0 Å². The highest BCUT2D eigenvalue weighted by Crippen LogP contribution is 2.52. The first kappa shape index (κ1) is 12.4. The Bertz CT molecular complexity index is 380. The minimum atomic E-state index is -0.683.